The molecule has 2 atom stereocenters. The van der Waals surface area contributed by atoms with Crippen LogP contribution in [-0.4, -0.2) is 48.7 Å². The van der Waals surface area contributed by atoms with E-state index in [1.54, 1.807) is 0 Å². The predicted octanol–water partition coefficient (Wildman–Crippen LogP) is 1.79. The fourth-order valence-corrected chi connectivity index (χ4v) is 2.79. The molecule has 0 aromatic rings. The van der Waals surface area contributed by atoms with Crippen LogP contribution in [0.15, 0.2) is 0 Å². The van der Waals surface area contributed by atoms with Crippen LogP contribution in [0.2, 0.25) is 0 Å². The van der Waals surface area contributed by atoms with Crippen LogP contribution in [-0.2, 0) is 9.53 Å². The highest BCUT2D eigenvalue weighted by Gasteiger charge is 2.35. The Labute approximate surface area is 111 Å². The molecule has 2 unspecified atom stereocenters. The quantitative estimate of drug-likeness (QED) is 0.736. The number of hydrogen-bond acceptors (Lipinski definition) is 4. The molecule has 0 amide bonds. The van der Waals surface area contributed by atoms with Crippen molar-refractivity contribution < 1.29 is 9.53 Å². The molecule has 1 saturated heterocycles. The van der Waals surface area contributed by atoms with E-state index in [0.717, 1.165) is 19.5 Å². The molecule has 0 radical (unpaired) electrons. The number of ether oxygens (including phenoxy) is 1. The van der Waals surface area contributed by atoms with Crippen LogP contribution in [0.4, 0.5) is 0 Å². The summed E-state index contributed by atoms with van der Waals surface area (Å²) in [5.74, 6) is -0.164. The number of likely N-dealkylation sites (tertiary alicyclic amines) is 1. The van der Waals surface area contributed by atoms with Crippen LogP contribution in [0.25, 0.3) is 0 Å². The number of methoxy groups -OCH3 is 1. The first kappa shape index (κ1) is 15.4. The highest BCUT2D eigenvalue weighted by molar-refractivity contribution is 5.80. The van der Waals surface area contributed by atoms with Gasteiger partial charge in [0.2, 0.25) is 0 Å². The standard InChI is InChI=1S/C14H28N2O2/c1-11(2)15-14(4,13(17)18-5)8-10-16-9-6-7-12(16)3/h11-12,15H,6-10H2,1-5H3. The minimum absolute atomic E-state index is 0.164. The highest BCUT2D eigenvalue weighted by Crippen LogP contribution is 2.20. The van der Waals surface area contributed by atoms with Gasteiger partial charge >= 0.3 is 5.97 Å². The lowest BCUT2D eigenvalue weighted by Crippen LogP contribution is -2.54. The van der Waals surface area contributed by atoms with E-state index in [-0.39, 0.29) is 12.0 Å². The van der Waals surface area contributed by atoms with Crippen LogP contribution in [0.5, 0.6) is 0 Å². The second-order valence-corrected chi connectivity index (χ2v) is 5.90. The van der Waals surface area contributed by atoms with Gasteiger partial charge in [-0.1, -0.05) is 0 Å². The van der Waals surface area contributed by atoms with E-state index in [4.69, 9.17) is 4.74 Å². The molecule has 1 heterocycles. The molecule has 106 valence electrons. The molecule has 1 fully saturated rings. The lowest BCUT2D eigenvalue weighted by atomic mass is 9.96. The Balaban J connectivity index is 2.58. The van der Waals surface area contributed by atoms with Crippen LogP contribution >= 0.6 is 0 Å². The van der Waals surface area contributed by atoms with Crippen LogP contribution < -0.4 is 5.32 Å². The average Bonchev–Trinajstić information content (AvgIpc) is 2.70. The summed E-state index contributed by atoms with van der Waals surface area (Å²) in [4.78, 5) is 14.4. The van der Waals surface area contributed by atoms with Gasteiger partial charge in [-0.05, 0) is 53.5 Å². The van der Waals surface area contributed by atoms with Crippen molar-refractivity contribution in [3.63, 3.8) is 0 Å². The normalized spacial score (nSPS) is 24.2. The second kappa shape index (κ2) is 6.53. The molecule has 1 aliphatic rings. The zero-order chi connectivity index (χ0) is 13.8. The Kier molecular flexibility index (Phi) is 5.60. The fourth-order valence-electron chi connectivity index (χ4n) is 2.79. The summed E-state index contributed by atoms with van der Waals surface area (Å²) < 4.78 is 4.94. The number of carbonyl (C=O) groups excluding carboxylic acids is 1. The van der Waals surface area contributed by atoms with E-state index >= 15 is 0 Å². The molecule has 4 heteroatoms. The van der Waals surface area contributed by atoms with E-state index in [2.05, 4.69) is 31.0 Å². The van der Waals surface area contributed by atoms with Crippen molar-refractivity contribution in [3.05, 3.63) is 0 Å². The highest BCUT2D eigenvalue weighted by atomic mass is 16.5. The molecule has 0 aromatic heterocycles. The van der Waals surface area contributed by atoms with Crippen molar-refractivity contribution in [3.8, 4) is 0 Å². The Morgan fingerprint density at radius 3 is 2.67 bits per heavy atom. The largest absolute Gasteiger partial charge is 0.468 e. The van der Waals surface area contributed by atoms with Crippen molar-refractivity contribution in [2.75, 3.05) is 20.2 Å². The van der Waals surface area contributed by atoms with Crippen molar-refractivity contribution in [2.45, 2.75) is 64.6 Å². The van der Waals surface area contributed by atoms with Crippen molar-refractivity contribution in [1.82, 2.24) is 10.2 Å². The van der Waals surface area contributed by atoms with Gasteiger partial charge in [0.25, 0.3) is 0 Å². The third-order valence-electron chi connectivity index (χ3n) is 3.83. The van der Waals surface area contributed by atoms with Crippen LogP contribution in [0, 0.1) is 0 Å². The zero-order valence-electron chi connectivity index (χ0n) is 12.5. The van der Waals surface area contributed by atoms with Gasteiger partial charge in [0.15, 0.2) is 0 Å². The van der Waals surface area contributed by atoms with Gasteiger partial charge in [0.05, 0.1) is 7.11 Å². The minimum Gasteiger partial charge on any atom is -0.468 e. The number of rotatable bonds is 6. The molecule has 18 heavy (non-hydrogen) atoms. The first-order chi connectivity index (χ1) is 8.39. The van der Waals surface area contributed by atoms with Gasteiger partial charge in [-0.25, -0.2) is 0 Å². The molecule has 0 aromatic carbocycles. The van der Waals surface area contributed by atoms with Gasteiger partial charge in [0, 0.05) is 18.6 Å². The maximum absolute atomic E-state index is 12.0. The lowest BCUT2D eigenvalue weighted by molar-refractivity contribution is -0.148. The summed E-state index contributed by atoms with van der Waals surface area (Å²) in [5.41, 5.74) is -0.578. The molecule has 1 rings (SSSR count). The molecule has 0 bridgehead atoms. The number of nitrogens with zero attached hydrogens (tertiary/aromatic N) is 1. The van der Waals surface area contributed by atoms with Crippen molar-refractivity contribution in [2.24, 2.45) is 0 Å². The van der Waals surface area contributed by atoms with Crippen molar-refractivity contribution >= 4 is 5.97 Å². The van der Waals surface area contributed by atoms with E-state index in [1.807, 2.05) is 6.92 Å². The van der Waals surface area contributed by atoms with Gasteiger partial charge in [-0.15, -0.1) is 0 Å². The van der Waals surface area contributed by atoms with E-state index in [1.165, 1.54) is 20.0 Å². The predicted molar refractivity (Wildman–Crippen MR) is 73.6 cm³/mol. The summed E-state index contributed by atoms with van der Waals surface area (Å²) >= 11 is 0. The van der Waals surface area contributed by atoms with Gasteiger partial charge in [0.1, 0.15) is 5.54 Å². The van der Waals surface area contributed by atoms with Crippen molar-refractivity contribution in [1.29, 1.82) is 0 Å². The monoisotopic (exact) mass is 256 g/mol. The number of esters is 1. The maximum Gasteiger partial charge on any atom is 0.325 e. The maximum atomic E-state index is 12.0. The third kappa shape index (κ3) is 3.95. The molecule has 4 nitrogen and oxygen atoms in total. The van der Waals surface area contributed by atoms with Crippen LogP contribution in [0.3, 0.4) is 0 Å². The number of carbonyl (C=O) groups is 1. The van der Waals surface area contributed by atoms with Gasteiger partial charge < -0.3 is 9.64 Å². The molecular formula is C14H28N2O2. The Morgan fingerprint density at radius 1 is 1.56 bits per heavy atom. The molecule has 0 spiro atoms. The first-order valence-corrected chi connectivity index (χ1v) is 6.99. The molecule has 1 aliphatic heterocycles. The fraction of sp³-hybridized carbons (Fsp3) is 0.929. The smallest absolute Gasteiger partial charge is 0.325 e. The molecule has 0 saturated carbocycles. The van der Waals surface area contributed by atoms with Gasteiger partial charge in [-0.2, -0.15) is 0 Å². The summed E-state index contributed by atoms with van der Waals surface area (Å²) in [5, 5.41) is 3.34. The number of nitrogens with one attached hydrogen (secondary N) is 1. The molecule has 0 aliphatic carbocycles. The van der Waals surface area contributed by atoms with E-state index < -0.39 is 5.54 Å². The van der Waals surface area contributed by atoms with E-state index in [0.29, 0.717) is 6.04 Å². The first-order valence-electron chi connectivity index (χ1n) is 6.99. The average molecular weight is 256 g/mol. The third-order valence-corrected chi connectivity index (χ3v) is 3.83. The summed E-state index contributed by atoms with van der Waals surface area (Å²) in [7, 11) is 1.46. The molecular weight excluding hydrogens is 228 g/mol. The lowest BCUT2D eigenvalue weighted by Gasteiger charge is -2.32. The SMILES string of the molecule is COC(=O)C(C)(CCN1CCCC1C)NC(C)C. The van der Waals surface area contributed by atoms with E-state index in [9.17, 15) is 4.79 Å². The topological polar surface area (TPSA) is 41.6 Å². The Morgan fingerprint density at radius 2 is 2.22 bits per heavy atom. The van der Waals surface area contributed by atoms with Crippen LogP contribution in [0.1, 0.15) is 47.0 Å². The summed E-state index contributed by atoms with van der Waals surface area (Å²) in [6, 6.07) is 0.913. The van der Waals surface area contributed by atoms with Gasteiger partial charge in [-0.3, -0.25) is 10.1 Å². The minimum atomic E-state index is -0.578. The Bertz CT molecular complexity index is 281. The Hall–Kier alpha value is -0.610. The summed E-state index contributed by atoms with van der Waals surface area (Å²) in [6.07, 6.45) is 3.34. The number of hydrogen-bond donors (Lipinski definition) is 1. The molecule has 1 N–H and O–H groups in total. The zero-order valence-corrected chi connectivity index (χ0v) is 12.5. The summed E-state index contributed by atoms with van der Waals surface area (Å²) in [6.45, 7) is 10.4. The second-order valence-electron chi connectivity index (χ2n) is 5.90.